The van der Waals surface area contributed by atoms with Crippen LogP contribution in [0.25, 0.3) is 0 Å². The third kappa shape index (κ3) is 6.53. The smallest absolute Gasteiger partial charge is 0.0469 e. The van der Waals surface area contributed by atoms with Gasteiger partial charge in [0.2, 0.25) is 0 Å². The highest BCUT2D eigenvalue weighted by Gasteiger charge is 2.17. The average Bonchev–Trinajstić information content (AvgIpc) is 2.44. The topological polar surface area (TPSA) is 21.3 Å². The van der Waals surface area contributed by atoms with E-state index in [1.165, 1.54) is 5.56 Å². The Morgan fingerprint density at radius 1 is 1.00 bits per heavy atom. The summed E-state index contributed by atoms with van der Waals surface area (Å²) in [6, 6.07) is 11.2. The van der Waals surface area contributed by atoms with Gasteiger partial charge in [-0.1, -0.05) is 58.0 Å². The Hall–Kier alpha value is -0.860. The fraction of sp³-hybridized carbons (Fsp3) is 0.667. The molecule has 1 rings (SSSR count). The minimum absolute atomic E-state index is 0.426. The first-order valence-corrected chi connectivity index (χ1v) is 8.01. The molecule has 0 spiro atoms. The number of hydrogen-bond acceptors (Lipinski definition) is 2. The van der Waals surface area contributed by atoms with Crippen molar-refractivity contribution in [3.05, 3.63) is 35.9 Å². The molecule has 0 bridgehead atoms. The third-order valence-electron chi connectivity index (χ3n) is 3.71. The normalized spacial score (nSPS) is 14.4. The molecule has 0 aromatic heterocycles. The Bertz CT molecular complexity index is 337. The van der Waals surface area contributed by atoms with Gasteiger partial charge in [0.15, 0.2) is 0 Å². The van der Waals surface area contributed by atoms with Gasteiger partial charge in [-0.05, 0) is 36.8 Å². The van der Waals surface area contributed by atoms with Crippen LogP contribution in [0, 0.1) is 11.8 Å². The van der Waals surface area contributed by atoms with Crippen molar-refractivity contribution in [1.82, 2.24) is 5.32 Å². The Labute approximate surface area is 124 Å². The number of ether oxygens (including phenoxy) is 1. The Morgan fingerprint density at radius 3 is 2.25 bits per heavy atom. The standard InChI is InChI=1S/C18H31NO/c1-5-19-18(17-9-7-6-8-10-17)16(4)12-14-20-13-11-15(2)3/h6-10,15-16,18-19H,5,11-14H2,1-4H3. The lowest BCUT2D eigenvalue weighted by atomic mass is 9.92. The maximum Gasteiger partial charge on any atom is 0.0469 e. The molecule has 114 valence electrons. The van der Waals surface area contributed by atoms with E-state index in [1.807, 2.05) is 0 Å². The summed E-state index contributed by atoms with van der Waals surface area (Å²) >= 11 is 0. The fourth-order valence-electron chi connectivity index (χ4n) is 2.38. The summed E-state index contributed by atoms with van der Waals surface area (Å²) < 4.78 is 5.75. The molecule has 20 heavy (non-hydrogen) atoms. The Morgan fingerprint density at radius 2 is 1.65 bits per heavy atom. The molecule has 2 unspecified atom stereocenters. The fourth-order valence-corrected chi connectivity index (χ4v) is 2.38. The molecule has 0 saturated heterocycles. The van der Waals surface area contributed by atoms with Gasteiger partial charge >= 0.3 is 0 Å². The predicted molar refractivity (Wildman–Crippen MR) is 86.9 cm³/mol. The van der Waals surface area contributed by atoms with E-state index in [9.17, 15) is 0 Å². The molecule has 0 fully saturated rings. The summed E-state index contributed by atoms with van der Waals surface area (Å²) in [5, 5.41) is 3.60. The number of rotatable bonds is 10. The second-order valence-electron chi connectivity index (χ2n) is 6.01. The molecule has 2 heteroatoms. The van der Waals surface area contributed by atoms with Crippen molar-refractivity contribution >= 4 is 0 Å². The number of hydrogen-bond donors (Lipinski definition) is 1. The summed E-state index contributed by atoms with van der Waals surface area (Å²) in [5.74, 6) is 1.31. The van der Waals surface area contributed by atoms with Crippen LogP contribution in [0.2, 0.25) is 0 Å². The summed E-state index contributed by atoms with van der Waals surface area (Å²) in [7, 11) is 0. The SMILES string of the molecule is CCNC(c1ccccc1)C(C)CCOCCC(C)C. The van der Waals surface area contributed by atoms with Gasteiger partial charge < -0.3 is 10.1 Å². The molecule has 0 amide bonds. The van der Waals surface area contributed by atoms with Crippen molar-refractivity contribution in [3.63, 3.8) is 0 Å². The van der Waals surface area contributed by atoms with Crippen molar-refractivity contribution in [2.75, 3.05) is 19.8 Å². The van der Waals surface area contributed by atoms with E-state index in [1.54, 1.807) is 0 Å². The third-order valence-corrected chi connectivity index (χ3v) is 3.71. The van der Waals surface area contributed by atoms with E-state index in [2.05, 4.69) is 63.3 Å². The lowest BCUT2D eigenvalue weighted by molar-refractivity contribution is 0.107. The van der Waals surface area contributed by atoms with Gasteiger partial charge in [-0.3, -0.25) is 0 Å². The van der Waals surface area contributed by atoms with Crippen LogP contribution >= 0.6 is 0 Å². The summed E-state index contributed by atoms with van der Waals surface area (Å²) in [6.45, 7) is 11.7. The van der Waals surface area contributed by atoms with Crippen LogP contribution in [0.5, 0.6) is 0 Å². The number of benzene rings is 1. The lowest BCUT2D eigenvalue weighted by Gasteiger charge is -2.25. The van der Waals surface area contributed by atoms with Crippen LogP contribution in [-0.4, -0.2) is 19.8 Å². The van der Waals surface area contributed by atoms with Crippen LogP contribution in [0.1, 0.15) is 52.1 Å². The minimum Gasteiger partial charge on any atom is -0.381 e. The Kier molecular flexibility index (Phi) is 8.56. The first-order chi connectivity index (χ1) is 9.65. The highest BCUT2D eigenvalue weighted by atomic mass is 16.5. The van der Waals surface area contributed by atoms with E-state index in [-0.39, 0.29) is 0 Å². The molecule has 0 aliphatic carbocycles. The van der Waals surface area contributed by atoms with Crippen molar-refractivity contribution in [3.8, 4) is 0 Å². The minimum atomic E-state index is 0.426. The molecule has 1 aromatic rings. The average molecular weight is 277 g/mol. The van der Waals surface area contributed by atoms with Gasteiger partial charge in [0.25, 0.3) is 0 Å². The van der Waals surface area contributed by atoms with Crippen molar-refractivity contribution in [2.24, 2.45) is 11.8 Å². The maximum absolute atomic E-state index is 5.75. The Balaban J connectivity index is 2.39. The monoisotopic (exact) mass is 277 g/mol. The van der Waals surface area contributed by atoms with Crippen molar-refractivity contribution < 1.29 is 4.74 Å². The van der Waals surface area contributed by atoms with Crippen LogP contribution < -0.4 is 5.32 Å². The summed E-state index contributed by atoms with van der Waals surface area (Å²) in [5.41, 5.74) is 1.38. The largest absolute Gasteiger partial charge is 0.381 e. The first-order valence-electron chi connectivity index (χ1n) is 8.01. The lowest BCUT2D eigenvalue weighted by Crippen LogP contribution is -2.27. The second kappa shape index (κ2) is 9.95. The molecule has 0 aliphatic rings. The van der Waals surface area contributed by atoms with Crippen molar-refractivity contribution in [1.29, 1.82) is 0 Å². The van der Waals surface area contributed by atoms with Gasteiger partial charge in [-0.15, -0.1) is 0 Å². The van der Waals surface area contributed by atoms with Gasteiger partial charge in [0, 0.05) is 19.3 Å². The maximum atomic E-state index is 5.75. The molecular formula is C18H31NO. The quantitative estimate of drug-likeness (QED) is 0.639. The van der Waals surface area contributed by atoms with Gasteiger partial charge in [0.05, 0.1) is 0 Å². The zero-order valence-corrected chi connectivity index (χ0v) is 13.6. The van der Waals surface area contributed by atoms with Gasteiger partial charge in [0.1, 0.15) is 0 Å². The second-order valence-corrected chi connectivity index (χ2v) is 6.01. The summed E-state index contributed by atoms with van der Waals surface area (Å²) in [4.78, 5) is 0. The molecule has 1 N–H and O–H groups in total. The molecule has 1 aromatic carbocycles. The molecule has 2 atom stereocenters. The van der Waals surface area contributed by atoms with Crippen LogP contribution in [0.15, 0.2) is 30.3 Å². The molecule has 0 aliphatic heterocycles. The van der Waals surface area contributed by atoms with E-state index < -0.39 is 0 Å². The molecule has 0 heterocycles. The first kappa shape index (κ1) is 17.2. The van der Waals surface area contributed by atoms with Crippen LogP contribution in [-0.2, 0) is 4.74 Å². The number of nitrogens with one attached hydrogen (secondary N) is 1. The molecule has 0 saturated carbocycles. The van der Waals surface area contributed by atoms with E-state index >= 15 is 0 Å². The zero-order chi connectivity index (χ0) is 14.8. The van der Waals surface area contributed by atoms with E-state index in [4.69, 9.17) is 4.74 Å². The van der Waals surface area contributed by atoms with Crippen LogP contribution in [0.3, 0.4) is 0 Å². The molecular weight excluding hydrogens is 246 g/mol. The molecule has 0 radical (unpaired) electrons. The zero-order valence-electron chi connectivity index (χ0n) is 13.6. The molecule has 2 nitrogen and oxygen atoms in total. The van der Waals surface area contributed by atoms with Gasteiger partial charge in [-0.25, -0.2) is 0 Å². The van der Waals surface area contributed by atoms with Crippen LogP contribution in [0.4, 0.5) is 0 Å². The summed E-state index contributed by atoms with van der Waals surface area (Å²) in [6.07, 6.45) is 2.26. The predicted octanol–water partition coefficient (Wildman–Crippen LogP) is 4.43. The van der Waals surface area contributed by atoms with E-state index in [0.717, 1.165) is 38.5 Å². The highest BCUT2D eigenvalue weighted by molar-refractivity contribution is 5.19. The van der Waals surface area contributed by atoms with Gasteiger partial charge in [-0.2, -0.15) is 0 Å². The van der Waals surface area contributed by atoms with E-state index in [0.29, 0.717) is 12.0 Å². The van der Waals surface area contributed by atoms with Crippen molar-refractivity contribution in [2.45, 2.75) is 46.6 Å². The highest BCUT2D eigenvalue weighted by Crippen LogP contribution is 2.24.